The second kappa shape index (κ2) is 11.5. The van der Waals surface area contributed by atoms with Gasteiger partial charge in [0.2, 0.25) is 0 Å². The van der Waals surface area contributed by atoms with Crippen LogP contribution in [0.3, 0.4) is 0 Å². The van der Waals surface area contributed by atoms with Crippen molar-refractivity contribution in [2.24, 2.45) is 5.92 Å². The van der Waals surface area contributed by atoms with Crippen molar-refractivity contribution in [2.75, 3.05) is 26.2 Å². The molecular weight excluding hydrogens is 371 g/mol. The first-order valence-electron chi connectivity index (χ1n) is 11.8. The highest BCUT2D eigenvalue weighted by Gasteiger charge is 2.21. The molecule has 2 bridgehead atoms. The van der Waals surface area contributed by atoms with Crippen LogP contribution in [0.2, 0.25) is 0 Å². The molecular formula is C27H39FN2. The molecule has 0 saturated carbocycles. The van der Waals surface area contributed by atoms with E-state index in [1.807, 2.05) is 12.2 Å². The van der Waals surface area contributed by atoms with Crippen molar-refractivity contribution in [1.82, 2.24) is 9.80 Å². The lowest BCUT2D eigenvalue weighted by Gasteiger charge is -2.34. The Kier molecular flexibility index (Phi) is 8.74. The van der Waals surface area contributed by atoms with Gasteiger partial charge in [-0.1, -0.05) is 48.6 Å². The summed E-state index contributed by atoms with van der Waals surface area (Å²) in [7, 11) is 0. The molecule has 0 radical (unpaired) electrons. The van der Waals surface area contributed by atoms with Gasteiger partial charge in [-0.05, 0) is 89.1 Å². The first-order chi connectivity index (χ1) is 14.6. The molecule has 2 nitrogen and oxygen atoms in total. The number of rotatable bonds is 9. The Balaban J connectivity index is 1.42. The standard InChI is InChI=1S/C27H39FN2/c1-4-23(12-11-22(3)28)19-24-13-17-29(18-14-24)15-8-16-30-21-25(5-2)26-9-6-7-10-27(30)20-26/h4-5,9-12,21-22,24H,2,6-8,13-20H2,1,3H3/b12-11-,23-4+. The second-order valence-corrected chi connectivity index (χ2v) is 8.90. The highest BCUT2D eigenvalue weighted by Crippen LogP contribution is 2.32. The zero-order valence-corrected chi connectivity index (χ0v) is 19.0. The van der Waals surface area contributed by atoms with Crippen LogP contribution in [0, 0.1) is 5.92 Å². The molecule has 2 heterocycles. The number of alkyl halides is 1. The van der Waals surface area contributed by atoms with E-state index in [0.717, 1.165) is 38.1 Å². The summed E-state index contributed by atoms with van der Waals surface area (Å²) in [5.74, 6) is 0.730. The average Bonchev–Trinajstić information content (AvgIpc) is 2.97. The molecule has 3 aliphatic rings. The van der Waals surface area contributed by atoms with Gasteiger partial charge in [0, 0.05) is 24.9 Å². The van der Waals surface area contributed by atoms with Crippen LogP contribution in [0.15, 0.2) is 71.7 Å². The lowest BCUT2D eigenvalue weighted by molar-refractivity contribution is 0.178. The molecule has 0 aromatic rings. The normalized spacial score (nSPS) is 22.4. The van der Waals surface area contributed by atoms with E-state index in [1.54, 1.807) is 13.0 Å². The molecule has 0 N–H and O–H groups in total. The molecule has 1 fully saturated rings. The zero-order valence-electron chi connectivity index (χ0n) is 19.0. The van der Waals surface area contributed by atoms with Crippen molar-refractivity contribution >= 4 is 0 Å². The van der Waals surface area contributed by atoms with Gasteiger partial charge in [0.25, 0.3) is 0 Å². The average molecular weight is 411 g/mol. The van der Waals surface area contributed by atoms with Gasteiger partial charge in [-0.25, -0.2) is 4.39 Å². The number of allylic oxidation sites excluding steroid dienone is 9. The topological polar surface area (TPSA) is 6.48 Å². The predicted octanol–water partition coefficient (Wildman–Crippen LogP) is 6.72. The highest BCUT2D eigenvalue weighted by atomic mass is 19.1. The van der Waals surface area contributed by atoms with Gasteiger partial charge in [-0.15, -0.1) is 0 Å². The molecule has 0 aromatic heterocycles. The quantitative estimate of drug-likeness (QED) is 0.389. The van der Waals surface area contributed by atoms with Crippen molar-refractivity contribution in [2.45, 2.75) is 65.0 Å². The van der Waals surface area contributed by atoms with Gasteiger partial charge < -0.3 is 9.80 Å². The lowest BCUT2D eigenvalue weighted by atomic mass is 9.89. The number of nitrogens with zero attached hydrogens (tertiary/aromatic N) is 2. The Morgan fingerprint density at radius 1 is 1.23 bits per heavy atom. The summed E-state index contributed by atoms with van der Waals surface area (Å²) in [5.41, 5.74) is 5.49. The Bertz CT molecular complexity index is 730. The number of piperidine rings is 1. The van der Waals surface area contributed by atoms with Crippen molar-refractivity contribution in [3.63, 3.8) is 0 Å². The fraction of sp³-hybridized carbons (Fsp3) is 0.556. The van der Waals surface area contributed by atoms with E-state index in [1.165, 1.54) is 61.3 Å². The van der Waals surface area contributed by atoms with Crippen molar-refractivity contribution in [1.29, 1.82) is 0 Å². The van der Waals surface area contributed by atoms with Crippen LogP contribution in [0.1, 0.15) is 58.8 Å². The molecule has 0 aromatic carbocycles. The molecule has 2 aliphatic heterocycles. The zero-order chi connectivity index (χ0) is 21.3. The van der Waals surface area contributed by atoms with E-state index in [2.05, 4.69) is 47.7 Å². The maximum absolute atomic E-state index is 13.1. The molecule has 1 unspecified atom stereocenters. The van der Waals surface area contributed by atoms with Crippen molar-refractivity contribution in [3.05, 3.63) is 71.7 Å². The van der Waals surface area contributed by atoms with E-state index < -0.39 is 6.17 Å². The molecule has 30 heavy (non-hydrogen) atoms. The predicted molar refractivity (Wildman–Crippen MR) is 127 cm³/mol. The summed E-state index contributed by atoms with van der Waals surface area (Å²) >= 11 is 0. The van der Waals surface area contributed by atoms with E-state index >= 15 is 0 Å². The minimum absolute atomic E-state index is 0.730. The van der Waals surface area contributed by atoms with Crippen LogP contribution in [-0.4, -0.2) is 42.2 Å². The number of hydrogen-bond donors (Lipinski definition) is 0. The maximum atomic E-state index is 13.1. The Morgan fingerprint density at radius 2 is 2.00 bits per heavy atom. The number of hydrogen-bond acceptors (Lipinski definition) is 2. The molecule has 1 aliphatic carbocycles. The summed E-state index contributed by atoms with van der Waals surface area (Å²) < 4.78 is 13.1. The van der Waals surface area contributed by atoms with Crippen molar-refractivity contribution < 1.29 is 4.39 Å². The fourth-order valence-corrected chi connectivity index (χ4v) is 4.76. The summed E-state index contributed by atoms with van der Waals surface area (Å²) in [6.45, 7) is 12.3. The molecule has 3 rings (SSSR count). The van der Waals surface area contributed by atoms with E-state index in [0.29, 0.717) is 0 Å². The van der Waals surface area contributed by atoms with Crippen LogP contribution in [0.5, 0.6) is 0 Å². The number of fused-ring (bicyclic) bond motifs is 2. The van der Waals surface area contributed by atoms with Gasteiger partial charge >= 0.3 is 0 Å². The Labute approximate surface area is 183 Å². The Hall–Kier alpha value is -1.87. The fourth-order valence-electron chi connectivity index (χ4n) is 4.76. The number of halogens is 1. The van der Waals surface area contributed by atoms with Crippen LogP contribution >= 0.6 is 0 Å². The van der Waals surface area contributed by atoms with E-state index in [-0.39, 0.29) is 0 Å². The first-order valence-corrected chi connectivity index (χ1v) is 11.8. The molecule has 164 valence electrons. The third-order valence-corrected chi connectivity index (χ3v) is 6.61. The first kappa shape index (κ1) is 22.8. The molecule has 1 atom stereocenters. The van der Waals surface area contributed by atoms with Gasteiger partial charge in [0.05, 0.1) is 0 Å². The molecule has 1 saturated heterocycles. The SMILES string of the molecule is C=CC1=CN(CCCN2CCC(CC(/C=C\C(C)F)=C/C)CC2)C2=CCCC=C1C2. The lowest BCUT2D eigenvalue weighted by Crippen LogP contribution is -2.35. The van der Waals surface area contributed by atoms with Crippen LogP contribution < -0.4 is 0 Å². The third-order valence-electron chi connectivity index (χ3n) is 6.61. The summed E-state index contributed by atoms with van der Waals surface area (Å²) in [6.07, 6.45) is 22.2. The van der Waals surface area contributed by atoms with Gasteiger partial charge in [-0.2, -0.15) is 0 Å². The maximum Gasteiger partial charge on any atom is 0.116 e. The van der Waals surface area contributed by atoms with Crippen molar-refractivity contribution in [3.8, 4) is 0 Å². The smallest absolute Gasteiger partial charge is 0.116 e. The summed E-state index contributed by atoms with van der Waals surface area (Å²) in [6, 6.07) is 0. The molecule has 3 heteroatoms. The van der Waals surface area contributed by atoms with E-state index in [9.17, 15) is 4.39 Å². The van der Waals surface area contributed by atoms with Gasteiger partial charge in [0.15, 0.2) is 0 Å². The molecule has 0 amide bonds. The monoisotopic (exact) mass is 410 g/mol. The third kappa shape index (κ3) is 6.57. The minimum Gasteiger partial charge on any atom is -0.351 e. The van der Waals surface area contributed by atoms with Gasteiger partial charge in [-0.3, -0.25) is 0 Å². The van der Waals surface area contributed by atoms with Crippen LogP contribution in [0.4, 0.5) is 4.39 Å². The minimum atomic E-state index is -0.865. The largest absolute Gasteiger partial charge is 0.351 e. The summed E-state index contributed by atoms with van der Waals surface area (Å²) in [4.78, 5) is 5.09. The van der Waals surface area contributed by atoms with Crippen LogP contribution in [-0.2, 0) is 0 Å². The van der Waals surface area contributed by atoms with E-state index in [4.69, 9.17) is 0 Å². The van der Waals surface area contributed by atoms with Crippen LogP contribution in [0.25, 0.3) is 0 Å². The van der Waals surface area contributed by atoms with Gasteiger partial charge in [0.1, 0.15) is 6.17 Å². The second-order valence-electron chi connectivity index (χ2n) is 8.90. The molecule has 0 spiro atoms. The summed E-state index contributed by atoms with van der Waals surface area (Å²) in [5, 5.41) is 0. The number of likely N-dealkylation sites (tertiary alicyclic amines) is 1. The Morgan fingerprint density at radius 3 is 2.70 bits per heavy atom. The highest BCUT2D eigenvalue weighted by molar-refractivity contribution is 5.45.